The molecule has 0 aliphatic carbocycles. The largest absolute Gasteiger partial charge is 0.493 e. The van der Waals surface area contributed by atoms with Gasteiger partial charge in [-0.3, -0.25) is 0 Å². The molecule has 0 saturated heterocycles. The van der Waals surface area contributed by atoms with Crippen molar-refractivity contribution in [2.45, 2.75) is 6.04 Å². The zero-order chi connectivity index (χ0) is 10.7. The Labute approximate surface area is 89.6 Å². The van der Waals surface area contributed by atoms with Crippen LogP contribution < -0.4 is 20.1 Å². The fraction of sp³-hybridized carbons (Fsp3) is 0.455. The number of methoxy groups -OCH3 is 1. The summed E-state index contributed by atoms with van der Waals surface area (Å²) in [5.74, 6) is 1.59. The highest BCUT2D eigenvalue weighted by Crippen LogP contribution is 2.37. The van der Waals surface area contributed by atoms with Crippen molar-refractivity contribution in [2.24, 2.45) is 0 Å². The molecule has 1 atom stereocenters. The lowest BCUT2D eigenvalue weighted by molar-refractivity contribution is 0.266. The summed E-state index contributed by atoms with van der Waals surface area (Å²) in [6.45, 7) is 1.55. The van der Waals surface area contributed by atoms with Gasteiger partial charge in [-0.15, -0.1) is 0 Å². The van der Waals surface area contributed by atoms with E-state index in [4.69, 9.17) is 9.47 Å². The highest BCUT2D eigenvalue weighted by molar-refractivity contribution is 5.64. The molecule has 1 aliphatic rings. The number of nitrogens with one attached hydrogen (secondary N) is 2. The number of para-hydroxylation sites is 1. The van der Waals surface area contributed by atoms with Gasteiger partial charge in [0.25, 0.3) is 0 Å². The van der Waals surface area contributed by atoms with Gasteiger partial charge in [-0.2, -0.15) is 0 Å². The van der Waals surface area contributed by atoms with Crippen molar-refractivity contribution in [1.82, 2.24) is 5.32 Å². The minimum Gasteiger partial charge on any atom is -0.493 e. The number of hydrogen-bond donors (Lipinski definition) is 2. The van der Waals surface area contributed by atoms with Gasteiger partial charge in [0, 0.05) is 6.54 Å². The molecule has 1 unspecified atom stereocenters. The van der Waals surface area contributed by atoms with Crippen LogP contribution in [0.3, 0.4) is 0 Å². The molecule has 0 radical (unpaired) electrons. The summed E-state index contributed by atoms with van der Waals surface area (Å²) < 4.78 is 10.9. The zero-order valence-electron chi connectivity index (χ0n) is 9.04. The van der Waals surface area contributed by atoms with Gasteiger partial charge in [0.15, 0.2) is 11.5 Å². The van der Waals surface area contributed by atoms with E-state index in [-0.39, 0.29) is 0 Å². The van der Waals surface area contributed by atoms with E-state index in [9.17, 15) is 0 Å². The van der Waals surface area contributed by atoms with E-state index in [0.717, 1.165) is 23.7 Å². The van der Waals surface area contributed by atoms with Gasteiger partial charge in [0.05, 0.1) is 18.8 Å². The SMILES string of the molecule is CNCC1COc2c(cccc2OC)N1. The van der Waals surface area contributed by atoms with Gasteiger partial charge < -0.3 is 20.1 Å². The average molecular weight is 208 g/mol. The van der Waals surface area contributed by atoms with Crippen molar-refractivity contribution in [3.8, 4) is 11.5 Å². The third kappa shape index (κ3) is 1.99. The van der Waals surface area contributed by atoms with E-state index < -0.39 is 0 Å². The van der Waals surface area contributed by atoms with Crippen LogP contribution in [0, 0.1) is 0 Å². The first-order valence-electron chi connectivity index (χ1n) is 5.06. The van der Waals surface area contributed by atoms with E-state index in [0.29, 0.717) is 12.6 Å². The minimum atomic E-state index is 0.314. The van der Waals surface area contributed by atoms with E-state index >= 15 is 0 Å². The van der Waals surface area contributed by atoms with Crippen LogP contribution in [-0.4, -0.2) is 33.4 Å². The molecule has 0 saturated carbocycles. The van der Waals surface area contributed by atoms with Crippen molar-refractivity contribution in [3.63, 3.8) is 0 Å². The topological polar surface area (TPSA) is 42.5 Å². The maximum absolute atomic E-state index is 5.68. The molecule has 0 bridgehead atoms. The summed E-state index contributed by atoms with van der Waals surface area (Å²) in [6, 6.07) is 6.17. The number of rotatable bonds is 3. The smallest absolute Gasteiger partial charge is 0.184 e. The van der Waals surface area contributed by atoms with Crippen LogP contribution in [0.1, 0.15) is 0 Å². The first-order valence-corrected chi connectivity index (χ1v) is 5.06. The standard InChI is InChI=1S/C11H16N2O2/c1-12-6-8-7-15-11-9(13-8)4-3-5-10(11)14-2/h3-5,8,12-13H,6-7H2,1-2H3. The third-order valence-electron chi connectivity index (χ3n) is 2.44. The van der Waals surface area contributed by atoms with E-state index in [1.165, 1.54) is 0 Å². The number of hydrogen-bond acceptors (Lipinski definition) is 4. The van der Waals surface area contributed by atoms with Crippen LogP contribution in [0.15, 0.2) is 18.2 Å². The van der Waals surface area contributed by atoms with E-state index in [1.807, 2.05) is 25.2 Å². The highest BCUT2D eigenvalue weighted by Gasteiger charge is 2.20. The number of fused-ring (bicyclic) bond motifs is 1. The maximum atomic E-state index is 5.68. The Hall–Kier alpha value is -1.42. The van der Waals surface area contributed by atoms with E-state index in [1.54, 1.807) is 7.11 Å². The van der Waals surface area contributed by atoms with Crippen LogP contribution in [-0.2, 0) is 0 Å². The molecule has 1 heterocycles. The van der Waals surface area contributed by atoms with E-state index in [2.05, 4.69) is 10.6 Å². The Kier molecular flexibility index (Phi) is 2.97. The predicted molar refractivity (Wildman–Crippen MR) is 59.8 cm³/mol. The Morgan fingerprint density at radius 1 is 1.60 bits per heavy atom. The molecule has 0 fully saturated rings. The van der Waals surface area contributed by atoms with Gasteiger partial charge in [-0.25, -0.2) is 0 Å². The lowest BCUT2D eigenvalue weighted by atomic mass is 10.2. The Bertz CT molecular complexity index is 341. The van der Waals surface area contributed by atoms with Crippen LogP contribution in [0.5, 0.6) is 11.5 Å². The van der Waals surface area contributed by atoms with Gasteiger partial charge in [0.1, 0.15) is 6.61 Å². The molecular formula is C11H16N2O2. The average Bonchev–Trinajstić information content (AvgIpc) is 2.28. The monoisotopic (exact) mass is 208 g/mol. The zero-order valence-corrected chi connectivity index (χ0v) is 9.04. The molecule has 0 aromatic heterocycles. The highest BCUT2D eigenvalue weighted by atomic mass is 16.5. The quantitative estimate of drug-likeness (QED) is 0.780. The Balaban J connectivity index is 2.20. The van der Waals surface area contributed by atoms with Crippen LogP contribution in [0.4, 0.5) is 5.69 Å². The molecule has 1 aliphatic heterocycles. The van der Waals surface area contributed by atoms with Crippen LogP contribution >= 0.6 is 0 Å². The summed E-state index contributed by atoms with van der Waals surface area (Å²) in [4.78, 5) is 0. The second-order valence-corrected chi connectivity index (χ2v) is 3.55. The molecule has 1 aromatic rings. The summed E-state index contributed by atoms with van der Waals surface area (Å²) in [6.07, 6.45) is 0. The molecule has 82 valence electrons. The molecule has 2 rings (SSSR count). The lowest BCUT2D eigenvalue weighted by Gasteiger charge is -2.28. The molecule has 15 heavy (non-hydrogen) atoms. The lowest BCUT2D eigenvalue weighted by Crippen LogP contribution is -2.39. The molecule has 0 amide bonds. The maximum Gasteiger partial charge on any atom is 0.184 e. The minimum absolute atomic E-state index is 0.314. The summed E-state index contributed by atoms with van der Waals surface area (Å²) in [7, 11) is 3.58. The summed E-state index contributed by atoms with van der Waals surface area (Å²) in [5.41, 5.74) is 1.00. The molecule has 4 heteroatoms. The van der Waals surface area contributed by atoms with Gasteiger partial charge >= 0.3 is 0 Å². The fourth-order valence-corrected chi connectivity index (χ4v) is 1.74. The Morgan fingerprint density at radius 2 is 2.47 bits per heavy atom. The van der Waals surface area contributed by atoms with Crippen LogP contribution in [0.25, 0.3) is 0 Å². The van der Waals surface area contributed by atoms with Gasteiger partial charge in [-0.05, 0) is 19.2 Å². The molecule has 0 spiro atoms. The predicted octanol–water partition coefficient (Wildman–Crippen LogP) is 1.09. The normalized spacial score (nSPS) is 18.7. The fourth-order valence-electron chi connectivity index (χ4n) is 1.74. The Morgan fingerprint density at radius 3 is 3.20 bits per heavy atom. The van der Waals surface area contributed by atoms with Crippen molar-refractivity contribution >= 4 is 5.69 Å². The number of ether oxygens (including phenoxy) is 2. The number of benzene rings is 1. The molecule has 2 N–H and O–H groups in total. The first kappa shape index (κ1) is 10.1. The van der Waals surface area contributed by atoms with Crippen LogP contribution in [0.2, 0.25) is 0 Å². The summed E-state index contributed by atoms with van der Waals surface area (Å²) >= 11 is 0. The van der Waals surface area contributed by atoms with Crippen molar-refractivity contribution in [3.05, 3.63) is 18.2 Å². The van der Waals surface area contributed by atoms with Gasteiger partial charge in [0.2, 0.25) is 0 Å². The second kappa shape index (κ2) is 4.40. The first-order chi connectivity index (χ1) is 7.35. The van der Waals surface area contributed by atoms with Crippen molar-refractivity contribution in [1.29, 1.82) is 0 Å². The van der Waals surface area contributed by atoms with Gasteiger partial charge in [-0.1, -0.05) is 6.07 Å². The third-order valence-corrected chi connectivity index (χ3v) is 2.44. The summed E-state index contributed by atoms with van der Waals surface area (Å²) in [5, 5.41) is 6.53. The second-order valence-electron chi connectivity index (χ2n) is 3.55. The molecule has 1 aromatic carbocycles. The number of anilines is 1. The molecular weight excluding hydrogens is 192 g/mol. The number of likely N-dealkylation sites (N-methyl/N-ethyl adjacent to an activating group) is 1. The molecule has 4 nitrogen and oxygen atoms in total. The van der Waals surface area contributed by atoms with Crippen molar-refractivity contribution < 1.29 is 9.47 Å². The van der Waals surface area contributed by atoms with Crippen molar-refractivity contribution in [2.75, 3.05) is 32.6 Å².